The quantitative estimate of drug-likeness (QED) is 0.745. The zero-order chi connectivity index (χ0) is 9.86. The molecule has 1 aliphatic heterocycles. The van der Waals surface area contributed by atoms with Crippen LogP contribution in [0.15, 0.2) is 0 Å². The Morgan fingerprint density at radius 3 is 2.43 bits per heavy atom. The molecule has 2 rings (SSSR count). The number of ether oxygens (including phenoxy) is 2. The third-order valence-electron chi connectivity index (χ3n) is 3.48. The smallest absolute Gasteiger partial charge is 0.172 e. The average Bonchev–Trinajstić information content (AvgIpc) is 2.86. The molecule has 82 valence electrons. The van der Waals surface area contributed by atoms with E-state index in [0.29, 0.717) is 5.92 Å². The minimum absolute atomic E-state index is 0.237. The first kappa shape index (κ1) is 10.4. The van der Waals surface area contributed by atoms with Crippen molar-refractivity contribution in [2.24, 2.45) is 5.92 Å². The van der Waals surface area contributed by atoms with Crippen LogP contribution in [0.2, 0.25) is 0 Å². The Morgan fingerprint density at radius 1 is 1.21 bits per heavy atom. The summed E-state index contributed by atoms with van der Waals surface area (Å²) in [4.78, 5) is 0. The molecule has 1 N–H and O–H groups in total. The molecule has 1 heterocycles. The standard InChI is InChI=1S/C11H21NO2/c1-12-7-6-11(13-8-9-14-11)10-4-2-3-5-10/h10,12H,2-9H2,1H3. The Bertz CT molecular complexity index is 172. The van der Waals surface area contributed by atoms with Crippen LogP contribution in [0.5, 0.6) is 0 Å². The Morgan fingerprint density at radius 2 is 1.86 bits per heavy atom. The molecule has 0 amide bonds. The van der Waals surface area contributed by atoms with Crippen LogP contribution in [-0.2, 0) is 9.47 Å². The van der Waals surface area contributed by atoms with Crippen LogP contribution < -0.4 is 5.32 Å². The van der Waals surface area contributed by atoms with Gasteiger partial charge in [0.25, 0.3) is 0 Å². The number of hydrogen-bond acceptors (Lipinski definition) is 3. The zero-order valence-electron chi connectivity index (χ0n) is 9.05. The van der Waals surface area contributed by atoms with Gasteiger partial charge in [0.1, 0.15) is 0 Å². The first-order chi connectivity index (χ1) is 6.87. The molecular weight excluding hydrogens is 178 g/mol. The van der Waals surface area contributed by atoms with Gasteiger partial charge in [-0.05, 0) is 26.4 Å². The van der Waals surface area contributed by atoms with Gasteiger partial charge in [0.05, 0.1) is 13.2 Å². The van der Waals surface area contributed by atoms with E-state index in [1.165, 1.54) is 25.7 Å². The highest BCUT2D eigenvalue weighted by Gasteiger charge is 2.44. The molecular formula is C11H21NO2. The highest BCUT2D eigenvalue weighted by molar-refractivity contribution is 4.86. The van der Waals surface area contributed by atoms with Gasteiger partial charge in [0.15, 0.2) is 5.79 Å². The van der Waals surface area contributed by atoms with Gasteiger partial charge in [-0.25, -0.2) is 0 Å². The van der Waals surface area contributed by atoms with Crippen molar-refractivity contribution in [3.05, 3.63) is 0 Å². The first-order valence-corrected chi connectivity index (χ1v) is 5.80. The van der Waals surface area contributed by atoms with Crippen LogP contribution in [0.1, 0.15) is 32.1 Å². The minimum atomic E-state index is -0.237. The van der Waals surface area contributed by atoms with Crippen molar-refractivity contribution in [1.29, 1.82) is 0 Å². The molecule has 3 nitrogen and oxygen atoms in total. The fraction of sp³-hybridized carbons (Fsp3) is 1.00. The summed E-state index contributed by atoms with van der Waals surface area (Å²) in [5.41, 5.74) is 0. The maximum atomic E-state index is 5.86. The molecule has 2 aliphatic rings. The number of nitrogens with one attached hydrogen (secondary N) is 1. The molecule has 3 heteroatoms. The summed E-state index contributed by atoms with van der Waals surface area (Å²) >= 11 is 0. The first-order valence-electron chi connectivity index (χ1n) is 5.80. The summed E-state index contributed by atoms with van der Waals surface area (Å²) in [6.07, 6.45) is 6.25. The van der Waals surface area contributed by atoms with Gasteiger partial charge in [0.2, 0.25) is 0 Å². The van der Waals surface area contributed by atoms with E-state index < -0.39 is 0 Å². The second-order valence-electron chi connectivity index (χ2n) is 4.34. The summed E-state index contributed by atoms with van der Waals surface area (Å²) in [7, 11) is 1.98. The molecule has 1 aliphatic carbocycles. The Balaban J connectivity index is 1.97. The third-order valence-corrected chi connectivity index (χ3v) is 3.48. The van der Waals surface area contributed by atoms with E-state index >= 15 is 0 Å². The molecule has 0 bridgehead atoms. The van der Waals surface area contributed by atoms with Crippen LogP contribution in [0.3, 0.4) is 0 Å². The van der Waals surface area contributed by atoms with E-state index in [2.05, 4.69) is 5.32 Å². The molecule has 0 aromatic rings. The molecule has 1 saturated heterocycles. The average molecular weight is 199 g/mol. The largest absolute Gasteiger partial charge is 0.347 e. The Labute approximate surface area is 86.2 Å². The molecule has 0 unspecified atom stereocenters. The monoisotopic (exact) mass is 199 g/mol. The van der Waals surface area contributed by atoms with Gasteiger partial charge in [0, 0.05) is 12.3 Å². The zero-order valence-corrected chi connectivity index (χ0v) is 9.05. The summed E-state index contributed by atoms with van der Waals surface area (Å²) < 4.78 is 11.7. The van der Waals surface area contributed by atoms with Gasteiger partial charge in [-0.1, -0.05) is 12.8 Å². The van der Waals surface area contributed by atoms with Crippen LogP contribution >= 0.6 is 0 Å². The number of rotatable bonds is 4. The molecule has 0 aromatic heterocycles. The molecule has 14 heavy (non-hydrogen) atoms. The summed E-state index contributed by atoms with van der Waals surface area (Å²) in [5.74, 6) is 0.401. The van der Waals surface area contributed by atoms with Crippen LogP contribution in [0, 0.1) is 5.92 Å². The van der Waals surface area contributed by atoms with Gasteiger partial charge in [-0.3, -0.25) is 0 Å². The van der Waals surface area contributed by atoms with E-state index in [-0.39, 0.29) is 5.79 Å². The molecule has 1 saturated carbocycles. The van der Waals surface area contributed by atoms with Crippen LogP contribution in [0.4, 0.5) is 0 Å². The van der Waals surface area contributed by atoms with Crippen LogP contribution in [-0.4, -0.2) is 32.6 Å². The van der Waals surface area contributed by atoms with Gasteiger partial charge in [-0.2, -0.15) is 0 Å². The van der Waals surface area contributed by atoms with Crippen molar-refractivity contribution in [2.75, 3.05) is 26.8 Å². The highest BCUT2D eigenvalue weighted by Crippen LogP contribution is 2.41. The van der Waals surface area contributed by atoms with E-state index in [9.17, 15) is 0 Å². The normalized spacial score (nSPS) is 27.2. The van der Waals surface area contributed by atoms with Crippen LogP contribution in [0.25, 0.3) is 0 Å². The van der Waals surface area contributed by atoms with Crippen molar-refractivity contribution in [3.63, 3.8) is 0 Å². The summed E-state index contributed by atoms with van der Waals surface area (Å²) in [5, 5.41) is 3.18. The highest BCUT2D eigenvalue weighted by atomic mass is 16.7. The van der Waals surface area contributed by atoms with Crippen molar-refractivity contribution in [2.45, 2.75) is 37.9 Å². The molecule has 2 fully saturated rings. The maximum Gasteiger partial charge on any atom is 0.172 e. The second kappa shape index (κ2) is 4.60. The number of hydrogen-bond donors (Lipinski definition) is 1. The van der Waals surface area contributed by atoms with E-state index in [1.54, 1.807) is 0 Å². The topological polar surface area (TPSA) is 30.5 Å². The summed E-state index contributed by atoms with van der Waals surface area (Å²) in [6, 6.07) is 0. The predicted molar refractivity (Wildman–Crippen MR) is 55.1 cm³/mol. The lowest BCUT2D eigenvalue weighted by Crippen LogP contribution is -2.40. The van der Waals surface area contributed by atoms with Crippen molar-refractivity contribution in [1.82, 2.24) is 5.32 Å². The van der Waals surface area contributed by atoms with E-state index in [0.717, 1.165) is 26.2 Å². The van der Waals surface area contributed by atoms with E-state index in [1.807, 2.05) is 7.05 Å². The van der Waals surface area contributed by atoms with Crippen molar-refractivity contribution >= 4 is 0 Å². The molecule has 0 aromatic carbocycles. The lowest BCUT2D eigenvalue weighted by atomic mass is 9.94. The summed E-state index contributed by atoms with van der Waals surface area (Å²) in [6.45, 7) is 2.54. The Hall–Kier alpha value is -0.120. The molecule has 0 radical (unpaired) electrons. The van der Waals surface area contributed by atoms with Gasteiger partial charge in [-0.15, -0.1) is 0 Å². The van der Waals surface area contributed by atoms with Gasteiger partial charge >= 0.3 is 0 Å². The molecule has 0 atom stereocenters. The SMILES string of the molecule is CNCCC1(C2CCCC2)OCCO1. The molecule has 0 spiro atoms. The fourth-order valence-electron chi connectivity index (χ4n) is 2.72. The Kier molecular flexibility index (Phi) is 3.42. The van der Waals surface area contributed by atoms with Gasteiger partial charge < -0.3 is 14.8 Å². The second-order valence-corrected chi connectivity index (χ2v) is 4.34. The minimum Gasteiger partial charge on any atom is -0.347 e. The third kappa shape index (κ3) is 1.95. The predicted octanol–water partition coefficient (Wildman–Crippen LogP) is 1.53. The van der Waals surface area contributed by atoms with E-state index in [4.69, 9.17) is 9.47 Å². The lowest BCUT2D eigenvalue weighted by Gasteiger charge is -2.33. The fourth-order valence-corrected chi connectivity index (χ4v) is 2.72. The van der Waals surface area contributed by atoms with Crippen molar-refractivity contribution < 1.29 is 9.47 Å². The van der Waals surface area contributed by atoms with Crippen molar-refractivity contribution in [3.8, 4) is 0 Å². The lowest BCUT2D eigenvalue weighted by molar-refractivity contribution is -0.197. The maximum absolute atomic E-state index is 5.86.